The van der Waals surface area contributed by atoms with Crippen molar-refractivity contribution in [2.75, 3.05) is 6.54 Å². The molecular formula is C14H27IN6. The molecule has 120 valence electrons. The van der Waals surface area contributed by atoms with Gasteiger partial charge in [-0.1, -0.05) is 19.8 Å². The smallest absolute Gasteiger partial charge is 0.191 e. The van der Waals surface area contributed by atoms with Crippen LogP contribution < -0.4 is 10.6 Å². The molecule has 7 heteroatoms. The van der Waals surface area contributed by atoms with Crippen LogP contribution in [0.15, 0.2) is 11.3 Å². The van der Waals surface area contributed by atoms with Crippen LogP contribution in [0.1, 0.15) is 45.4 Å². The third kappa shape index (κ3) is 5.80. The molecule has 1 aliphatic carbocycles. The van der Waals surface area contributed by atoms with Gasteiger partial charge in [0.05, 0.1) is 0 Å². The lowest BCUT2D eigenvalue weighted by atomic mass is 9.87. The highest BCUT2D eigenvalue weighted by Gasteiger charge is 2.19. The maximum absolute atomic E-state index is 4.61. The van der Waals surface area contributed by atoms with Crippen molar-refractivity contribution in [1.82, 2.24) is 25.4 Å². The second-order valence-corrected chi connectivity index (χ2v) is 5.61. The van der Waals surface area contributed by atoms with Crippen LogP contribution in [0.5, 0.6) is 0 Å². The highest BCUT2D eigenvalue weighted by molar-refractivity contribution is 14.0. The molecule has 2 N–H and O–H groups in total. The van der Waals surface area contributed by atoms with E-state index < -0.39 is 0 Å². The van der Waals surface area contributed by atoms with Crippen LogP contribution in [-0.4, -0.2) is 33.3 Å². The van der Waals surface area contributed by atoms with E-state index in [4.69, 9.17) is 0 Å². The zero-order valence-electron chi connectivity index (χ0n) is 13.2. The van der Waals surface area contributed by atoms with E-state index in [1.54, 1.807) is 11.0 Å². The number of aryl methyl sites for hydroxylation is 1. The first kappa shape index (κ1) is 18.2. The Hall–Kier alpha value is -0.860. The summed E-state index contributed by atoms with van der Waals surface area (Å²) in [5.41, 5.74) is 0. The molecule has 0 aliphatic heterocycles. The van der Waals surface area contributed by atoms with Gasteiger partial charge in [-0.05, 0) is 25.7 Å². The number of hydrogen-bond donors (Lipinski definition) is 2. The van der Waals surface area contributed by atoms with E-state index in [9.17, 15) is 0 Å². The van der Waals surface area contributed by atoms with Crippen LogP contribution in [0.25, 0.3) is 0 Å². The Morgan fingerprint density at radius 1 is 1.48 bits per heavy atom. The fraction of sp³-hybridized carbons (Fsp3) is 0.786. The van der Waals surface area contributed by atoms with Crippen LogP contribution in [-0.2, 0) is 13.6 Å². The van der Waals surface area contributed by atoms with E-state index in [0.717, 1.165) is 24.2 Å². The molecule has 0 aromatic carbocycles. The molecular weight excluding hydrogens is 379 g/mol. The molecule has 1 heterocycles. The van der Waals surface area contributed by atoms with Crippen molar-refractivity contribution in [2.45, 2.75) is 52.1 Å². The summed E-state index contributed by atoms with van der Waals surface area (Å²) in [6.45, 7) is 5.83. The van der Waals surface area contributed by atoms with Gasteiger partial charge in [-0.2, -0.15) is 5.10 Å². The van der Waals surface area contributed by atoms with E-state index in [0.29, 0.717) is 12.6 Å². The summed E-state index contributed by atoms with van der Waals surface area (Å²) in [5, 5.41) is 10.9. The average molecular weight is 406 g/mol. The number of rotatable bonds is 4. The molecule has 0 bridgehead atoms. The van der Waals surface area contributed by atoms with Crippen LogP contribution in [0.3, 0.4) is 0 Å². The summed E-state index contributed by atoms with van der Waals surface area (Å²) >= 11 is 0. The van der Waals surface area contributed by atoms with E-state index in [1.165, 1.54) is 25.7 Å². The van der Waals surface area contributed by atoms with Gasteiger partial charge in [0.1, 0.15) is 18.7 Å². The summed E-state index contributed by atoms with van der Waals surface area (Å²) in [7, 11) is 1.89. The third-order valence-corrected chi connectivity index (χ3v) is 3.81. The summed E-state index contributed by atoms with van der Waals surface area (Å²) in [6.07, 6.45) is 6.69. The van der Waals surface area contributed by atoms with Gasteiger partial charge in [0, 0.05) is 19.6 Å². The number of nitrogens with zero attached hydrogens (tertiary/aromatic N) is 4. The number of nitrogens with one attached hydrogen (secondary N) is 2. The van der Waals surface area contributed by atoms with Gasteiger partial charge >= 0.3 is 0 Å². The molecule has 1 aromatic rings. The summed E-state index contributed by atoms with van der Waals surface area (Å²) in [5.74, 6) is 2.57. The van der Waals surface area contributed by atoms with Crippen LogP contribution in [0, 0.1) is 5.92 Å². The molecule has 2 atom stereocenters. The summed E-state index contributed by atoms with van der Waals surface area (Å²) < 4.78 is 1.76. The molecule has 0 spiro atoms. The third-order valence-electron chi connectivity index (χ3n) is 3.81. The maximum Gasteiger partial charge on any atom is 0.191 e. The molecule has 2 rings (SSSR count). The molecule has 0 saturated heterocycles. The fourth-order valence-corrected chi connectivity index (χ4v) is 2.69. The largest absolute Gasteiger partial charge is 0.357 e. The number of guanidine groups is 1. The minimum atomic E-state index is 0. The first-order valence-corrected chi connectivity index (χ1v) is 7.56. The Morgan fingerprint density at radius 3 is 2.90 bits per heavy atom. The van der Waals surface area contributed by atoms with Crippen molar-refractivity contribution < 1.29 is 0 Å². The predicted octanol–water partition coefficient (Wildman–Crippen LogP) is 2.07. The second-order valence-electron chi connectivity index (χ2n) is 5.61. The topological polar surface area (TPSA) is 67.1 Å². The minimum Gasteiger partial charge on any atom is -0.357 e. The lowest BCUT2D eigenvalue weighted by Gasteiger charge is -2.28. The summed E-state index contributed by atoms with van der Waals surface area (Å²) in [6, 6.07) is 0.538. The molecule has 21 heavy (non-hydrogen) atoms. The number of halogens is 1. The molecule has 0 amide bonds. The molecule has 1 aliphatic rings. The number of aromatic nitrogens is 3. The average Bonchev–Trinajstić information content (AvgIpc) is 2.82. The Balaban J connectivity index is 0.00000220. The fourth-order valence-electron chi connectivity index (χ4n) is 2.69. The van der Waals surface area contributed by atoms with Gasteiger partial charge < -0.3 is 10.6 Å². The van der Waals surface area contributed by atoms with Crippen LogP contribution in [0.2, 0.25) is 0 Å². The highest BCUT2D eigenvalue weighted by atomic mass is 127. The quantitative estimate of drug-likeness (QED) is 0.457. The van der Waals surface area contributed by atoms with Crippen molar-refractivity contribution in [2.24, 2.45) is 18.0 Å². The molecule has 1 fully saturated rings. The van der Waals surface area contributed by atoms with Crippen molar-refractivity contribution >= 4 is 29.9 Å². The van der Waals surface area contributed by atoms with E-state index in [1.807, 2.05) is 7.05 Å². The Labute approximate surface area is 144 Å². The van der Waals surface area contributed by atoms with Crippen LogP contribution in [0.4, 0.5) is 0 Å². The number of hydrogen-bond acceptors (Lipinski definition) is 3. The minimum absolute atomic E-state index is 0. The zero-order valence-corrected chi connectivity index (χ0v) is 15.5. The van der Waals surface area contributed by atoms with E-state index >= 15 is 0 Å². The standard InChI is InChI=1S/C14H26N6.HI/c1-4-15-14(16-9-13-17-10-18-20(13)3)19-12-7-5-6-11(2)8-12;/h10-12H,4-9H2,1-3H3,(H2,15,16,19);1H. The first-order valence-electron chi connectivity index (χ1n) is 7.56. The zero-order chi connectivity index (χ0) is 14.4. The van der Waals surface area contributed by atoms with Gasteiger partial charge in [0.2, 0.25) is 0 Å². The Morgan fingerprint density at radius 2 is 2.29 bits per heavy atom. The monoisotopic (exact) mass is 406 g/mol. The van der Waals surface area contributed by atoms with Gasteiger partial charge in [0.15, 0.2) is 5.96 Å². The van der Waals surface area contributed by atoms with Crippen molar-refractivity contribution in [1.29, 1.82) is 0 Å². The second kappa shape index (κ2) is 9.22. The molecule has 0 radical (unpaired) electrons. The molecule has 6 nitrogen and oxygen atoms in total. The van der Waals surface area contributed by atoms with Crippen molar-refractivity contribution in [3.05, 3.63) is 12.2 Å². The summed E-state index contributed by atoms with van der Waals surface area (Å²) in [4.78, 5) is 8.80. The van der Waals surface area contributed by atoms with E-state index in [-0.39, 0.29) is 24.0 Å². The maximum atomic E-state index is 4.61. The first-order chi connectivity index (χ1) is 9.69. The molecule has 1 saturated carbocycles. The Bertz CT molecular complexity index is 444. The van der Waals surface area contributed by atoms with E-state index in [2.05, 4.69) is 39.6 Å². The predicted molar refractivity (Wildman–Crippen MR) is 95.8 cm³/mol. The van der Waals surface area contributed by atoms with Gasteiger partial charge in [-0.3, -0.25) is 4.68 Å². The lowest BCUT2D eigenvalue weighted by Crippen LogP contribution is -2.45. The number of aliphatic imine (C=N–C) groups is 1. The highest BCUT2D eigenvalue weighted by Crippen LogP contribution is 2.23. The van der Waals surface area contributed by atoms with Gasteiger partial charge in [-0.25, -0.2) is 9.98 Å². The normalized spacial score (nSPS) is 22.5. The van der Waals surface area contributed by atoms with Gasteiger partial charge in [0.25, 0.3) is 0 Å². The molecule has 2 unspecified atom stereocenters. The van der Waals surface area contributed by atoms with Crippen molar-refractivity contribution in [3.8, 4) is 0 Å². The van der Waals surface area contributed by atoms with Gasteiger partial charge in [-0.15, -0.1) is 24.0 Å². The lowest BCUT2D eigenvalue weighted by molar-refractivity contribution is 0.324. The van der Waals surface area contributed by atoms with Crippen LogP contribution >= 0.6 is 24.0 Å². The van der Waals surface area contributed by atoms with Crippen molar-refractivity contribution in [3.63, 3.8) is 0 Å². The Kier molecular flexibility index (Phi) is 7.98. The SMILES string of the molecule is CCNC(=NCc1ncnn1C)NC1CCCC(C)C1.I. The molecule has 1 aromatic heterocycles.